The number of aromatic nitrogens is 1. The molecule has 3 aromatic carbocycles. The molecule has 0 spiro atoms. The zero-order chi connectivity index (χ0) is 22.2. The Bertz CT molecular complexity index is 1270. The van der Waals surface area contributed by atoms with Gasteiger partial charge in [-0.3, -0.25) is 10.2 Å². The normalized spacial score (nSPS) is 20.3. The summed E-state index contributed by atoms with van der Waals surface area (Å²) in [4.78, 5) is 17.3. The molecular weight excluding hydrogens is 412 g/mol. The van der Waals surface area contributed by atoms with Crippen molar-refractivity contribution in [3.8, 4) is 11.1 Å². The topological polar surface area (TPSA) is 61.6 Å². The number of benzene rings is 3. The summed E-state index contributed by atoms with van der Waals surface area (Å²) in [7, 11) is 0. The summed E-state index contributed by atoms with van der Waals surface area (Å²) >= 11 is 0. The van der Waals surface area contributed by atoms with Crippen LogP contribution < -0.4 is 5.32 Å². The molecule has 0 bridgehead atoms. The zero-order valence-electron chi connectivity index (χ0n) is 18.4. The number of fused-ring (bicyclic) bond motifs is 2. The highest BCUT2D eigenvalue weighted by atomic mass is 16.5. The third-order valence-electron chi connectivity index (χ3n) is 6.89. The van der Waals surface area contributed by atoms with E-state index < -0.39 is 0 Å². The van der Waals surface area contributed by atoms with Crippen LogP contribution >= 0.6 is 0 Å². The zero-order valence-corrected chi connectivity index (χ0v) is 18.4. The summed E-state index contributed by atoms with van der Waals surface area (Å²) in [5, 5.41) is 7.79. The molecule has 0 saturated carbocycles. The first-order valence-corrected chi connectivity index (χ1v) is 11.5. The van der Waals surface area contributed by atoms with E-state index in [0.29, 0.717) is 23.2 Å². The first-order valence-electron chi connectivity index (χ1n) is 11.5. The minimum Gasteiger partial charge on any atom is -0.354 e. The Morgan fingerprint density at radius 2 is 1.61 bits per heavy atom. The maximum atomic E-state index is 12.9. The summed E-state index contributed by atoms with van der Waals surface area (Å²) in [5.74, 6) is 1.52. The number of nitrogens with zero attached hydrogens (tertiary/aromatic N) is 3. The molecule has 2 amide bonds. The SMILES string of the molecule is O=C(Nc1noc2ccccc12)N1CC2CN(Cc3cccc(-c4ccccc4)c3)CC2C1. The monoisotopic (exact) mass is 438 g/mol. The molecule has 4 aromatic rings. The minimum atomic E-state index is -0.0921. The number of anilines is 1. The number of carbonyl (C=O) groups excluding carboxylic acids is 1. The Balaban J connectivity index is 1.06. The van der Waals surface area contributed by atoms with Gasteiger partial charge < -0.3 is 9.42 Å². The minimum absolute atomic E-state index is 0.0921. The van der Waals surface area contributed by atoms with Gasteiger partial charge in [0.15, 0.2) is 11.4 Å². The average molecular weight is 439 g/mol. The van der Waals surface area contributed by atoms with Gasteiger partial charge >= 0.3 is 6.03 Å². The van der Waals surface area contributed by atoms with Gasteiger partial charge in [0.05, 0.1) is 5.39 Å². The van der Waals surface area contributed by atoms with Crippen LogP contribution in [0.4, 0.5) is 10.6 Å². The number of para-hydroxylation sites is 1. The van der Waals surface area contributed by atoms with E-state index in [4.69, 9.17) is 4.52 Å². The van der Waals surface area contributed by atoms with Gasteiger partial charge in [0, 0.05) is 32.7 Å². The second kappa shape index (κ2) is 8.37. The molecule has 1 N–H and O–H groups in total. The van der Waals surface area contributed by atoms with Crippen molar-refractivity contribution in [3.63, 3.8) is 0 Å². The average Bonchev–Trinajstić information content (AvgIpc) is 3.54. The van der Waals surface area contributed by atoms with E-state index in [1.807, 2.05) is 35.2 Å². The Labute approximate surface area is 192 Å². The first-order chi connectivity index (χ1) is 16.2. The van der Waals surface area contributed by atoms with Gasteiger partial charge in [-0.1, -0.05) is 65.8 Å². The van der Waals surface area contributed by atoms with E-state index in [-0.39, 0.29) is 6.03 Å². The number of urea groups is 1. The number of carbonyl (C=O) groups is 1. The van der Waals surface area contributed by atoms with Crippen molar-refractivity contribution in [2.24, 2.45) is 11.8 Å². The molecule has 2 aliphatic heterocycles. The lowest BCUT2D eigenvalue weighted by molar-refractivity contribution is 0.211. The molecule has 2 atom stereocenters. The first kappa shape index (κ1) is 20.0. The Hall–Kier alpha value is -3.64. The molecule has 0 radical (unpaired) electrons. The second-order valence-electron chi connectivity index (χ2n) is 9.14. The molecule has 2 unspecified atom stereocenters. The Morgan fingerprint density at radius 3 is 2.42 bits per heavy atom. The number of likely N-dealkylation sites (tertiary alicyclic amines) is 2. The van der Waals surface area contributed by atoms with Crippen molar-refractivity contribution < 1.29 is 9.32 Å². The second-order valence-corrected chi connectivity index (χ2v) is 9.14. The number of hydrogen-bond acceptors (Lipinski definition) is 4. The molecule has 2 fully saturated rings. The molecule has 0 aliphatic carbocycles. The van der Waals surface area contributed by atoms with Crippen LogP contribution in [0.2, 0.25) is 0 Å². The van der Waals surface area contributed by atoms with E-state index in [9.17, 15) is 4.79 Å². The highest BCUT2D eigenvalue weighted by Gasteiger charge is 2.41. The quantitative estimate of drug-likeness (QED) is 0.482. The van der Waals surface area contributed by atoms with Gasteiger partial charge in [0.1, 0.15) is 0 Å². The van der Waals surface area contributed by atoms with Crippen LogP contribution in [0.5, 0.6) is 0 Å². The highest BCUT2D eigenvalue weighted by Crippen LogP contribution is 2.33. The van der Waals surface area contributed by atoms with Gasteiger partial charge in [-0.15, -0.1) is 0 Å². The third-order valence-corrected chi connectivity index (χ3v) is 6.89. The molecule has 6 heteroatoms. The van der Waals surface area contributed by atoms with Crippen molar-refractivity contribution in [2.45, 2.75) is 6.54 Å². The standard InChI is InChI=1S/C27H26N4O2/c32-27(28-26-24-11-4-5-12-25(24)33-29-26)31-17-22-15-30(16-23(22)18-31)14-19-7-6-10-21(13-19)20-8-2-1-3-9-20/h1-13,22-23H,14-18H2,(H,28,29,32). The van der Waals surface area contributed by atoms with Crippen LogP contribution in [-0.2, 0) is 6.54 Å². The van der Waals surface area contributed by atoms with Crippen molar-refractivity contribution in [3.05, 3.63) is 84.4 Å². The molecule has 33 heavy (non-hydrogen) atoms. The maximum Gasteiger partial charge on any atom is 0.323 e. The van der Waals surface area contributed by atoms with E-state index in [0.717, 1.165) is 38.1 Å². The molecule has 1 aromatic heterocycles. The van der Waals surface area contributed by atoms with Gasteiger partial charge in [-0.25, -0.2) is 4.79 Å². The van der Waals surface area contributed by atoms with Gasteiger partial charge in [0.25, 0.3) is 0 Å². The summed E-state index contributed by atoms with van der Waals surface area (Å²) in [6.07, 6.45) is 0. The van der Waals surface area contributed by atoms with Crippen LogP contribution in [0.1, 0.15) is 5.56 Å². The third kappa shape index (κ3) is 3.98. The van der Waals surface area contributed by atoms with E-state index >= 15 is 0 Å². The smallest absolute Gasteiger partial charge is 0.323 e. The summed E-state index contributed by atoms with van der Waals surface area (Å²) in [6, 6.07) is 26.8. The van der Waals surface area contributed by atoms with E-state index in [2.05, 4.69) is 63.9 Å². The lowest BCUT2D eigenvalue weighted by atomic mass is 10.0. The maximum absolute atomic E-state index is 12.9. The van der Waals surface area contributed by atoms with Gasteiger partial charge in [-0.05, 0) is 46.7 Å². The summed E-state index contributed by atoms with van der Waals surface area (Å²) in [6.45, 7) is 4.57. The number of hydrogen-bond donors (Lipinski definition) is 1. The van der Waals surface area contributed by atoms with E-state index in [1.165, 1.54) is 16.7 Å². The number of rotatable bonds is 4. The molecule has 3 heterocycles. The van der Waals surface area contributed by atoms with Crippen molar-refractivity contribution in [1.82, 2.24) is 15.0 Å². The van der Waals surface area contributed by atoms with Crippen LogP contribution in [0.3, 0.4) is 0 Å². The molecule has 2 aliphatic rings. The molecule has 6 rings (SSSR count). The Morgan fingerprint density at radius 1 is 0.879 bits per heavy atom. The molecule has 6 nitrogen and oxygen atoms in total. The van der Waals surface area contributed by atoms with Crippen LogP contribution in [-0.4, -0.2) is 47.2 Å². The lowest BCUT2D eigenvalue weighted by Gasteiger charge is -2.22. The summed E-state index contributed by atoms with van der Waals surface area (Å²) in [5.41, 5.74) is 4.52. The number of nitrogens with one attached hydrogen (secondary N) is 1. The molecule has 166 valence electrons. The predicted octanol–water partition coefficient (Wildman–Crippen LogP) is 5.09. The fourth-order valence-corrected chi connectivity index (χ4v) is 5.28. The largest absolute Gasteiger partial charge is 0.354 e. The molecular formula is C27H26N4O2. The van der Waals surface area contributed by atoms with Gasteiger partial charge in [-0.2, -0.15) is 0 Å². The van der Waals surface area contributed by atoms with Crippen molar-refractivity contribution >= 4 is 22.8 Å². The summed E-state index contributed by atoms with van der Waals surface area (Å²) < 4.78 is 5.30. The number of amides is 2. The van der Waals surface area contributed by atoms with Crippen LogP contribution in [0.15, 0.2) is 83.4 Å². The lowest BCUT2D eigenvalue weighted by Crippen LogP contribution is -2.36. The fraction of sp³-hybridized carbons (Fsp3) is 0.259. The Kier molecular flexibility index (Phi) is 5.07. The fourth-order valence-electron chi connectivity index (χ4n) is 5.28. The highest BCUT2D eigenvalue weighted by molar-refractivity contribution is 5.98. The van der Waals surface area contributed by atoms with E-state index in [1.54, 1.807) is 0 Å². The predicted molar refractivity (Wildman–Crippen MR) is 129 cm³/mol. The van der Waals surface area contributed by atoms with Crippen LogP contribution in [0, 0.1) is 11.8 Å². The van der Waals surface area contributed by atoms with Crippen molar-refractivity contribution in [1.29, 1.82) is 0 Å². The van der Waals surface area contributed by atoms with Crippen LogP contribution in [0.25, 0.3) is 22.1 Å². The molecule has 2 saturated heterocycles. The van der Waals surface area contributed by atoms with Crippen molar-refractivity contribution in [2.75, 3.05) is 31.5 Å². The van der Waals surface area contributed by atoms with Gasteiger partial charge in [0.2, 0.25) is 0 Å².